The number of ether oxygens (including phenoxy) is 2. The second-order valence-electron chi connectivity index (χ2n) is 5.36. The quantitative estimate of drug-likeness (QED) is 0.641. The van der Waals surface area contributed by atoms with E-state index in [1.165, 1.54) is 19.2 Å². The number of nitrogens with one attached hydrogen (secondary N) is 1. The van der Waals surface area contributed by atoms with E-state index in [4.69, 9.17) is 21.1 Å². The van der Waals surface area contributed by atoms with Crippen molar-refractivity contribution in [2.45, 2.75) is 0 Å². The van der Waals surface area contributed by atoms with Crippen molar-refractivity contribution < 1.29 is 18.7 Å². The van der Waals surface area contributed by atoms with Crippen LogP contribution >= 0.6 is 11.6 Å². The third-order valence-electron chi connectivity index (χ3n) is 3.57. The van der Waals surface area contributed by atoms with Crippen LogP contribution in [0.1, 0.15) is 10.4 Å². The average molecular weight is 372 g/mol. The Bertz CT molecular complexity index is 932. The summed E-state index contributed by atoms with van der Waals surface area (Å²) in [7, 11) is 1.36. The van der Waals surface area contributed by atoms with Gasteiger partial charge in [-0.2, -0.15) is 0 Å². The summed E-state index contributed by atoms with van der Waals surface area (Å²) in [5.74, 6) is -0.0140. The molecule has 0 bridgehead atoms. The van der Waals surface area contributed by atoms with E-state index in [0.29, 0.717) is 22.2 Å². The van der Waals surface area contributed by atoms with Gasteiger partial charge in [-0.3, -0.25) is 4.79 Å². The Balaban J connectivity index is 1.85. The minimum absolute atomic E-state index is 0.0670. The SMILES string of the molecule is COc1ccc(C(=O)Nc2cc(Cl)ccc2Oc2ccccc2)cc1F. The lowest BCUT2D eigenvalue weighted by Gasteiger charge is -2.13. The van der Waals surface area contributed by atoms with Crippen LogP contribution in [0, 0.1) is 5.82 Å². The first-order chi connectivity index (χ1) is 12.6. The second-order valence-corrected chi connectivity index (χ2v) is 5.80. The van der Waals surface area contributed by atoms with Crippen molar-refractivity contribution in [3.05, 3.63) is 83.1 Å². The van der Waals surface area contributed by atoms with Crippen LogP contribution in [0.5, 0.6) is 17.2 Å². The molecule has 0 unspecified atom stereocenters. The summed E-state index contributed by atoms with van der Waals surface area (Å²) in [5, 5.41) is 3.13. The van der Waals surface area contributed by atoms with Crippen molar-refractivity contribution in [1.82, 2.24) is 0 Å². The number of rotatable bonds is 5. The molecule has 0 aliphatic carbocycles. The van der Waals surface area contributed by atoms with Gasteiger partial charge in [0.05, 0.1) is 12.8 Å². The summed E-state index contributed by atoms with van der Waals surface area (Å²) in [6.45, 7) is 0. The number of carbonyl (C=O) groups excluding carboxylic acids is 1. The number of amides is 1. The van der Waals surface area contributed by atoms with Crippen LogP contribution in [0.15, 0.2) is 66.7 Å². The number of halogens is 2. The Morgan fingerprint density at radius 1 is 1.00 bits per heavy atom. The predicted molar refractivity (Wildman–Crippen MR) is 98.9 cm³/mol. The predicted octanol–water partition coefficient (Wildman–Crippen LogP) is 5.53. The minimum Gasteiger partial charge on any atom is -0.494 e. The highest BCUT2D eigenvalue weighted by atomic mass is 35.5. The standard InChI is InChI=1S/C20H15ClFNO3/c1-25-18-9-7-13(11-16(18)22)20(24)23-17-12-14(21)8-10-19(17)26-15-5-3-2-4-6-15/h2-12H,1H3,(H,23,24). The molecule has 0 atom stereocenters. The van der Waals surface area contributed by atoms with Gasteiger partial charge in [-0.1, -0.05) is 29.8 Å². The van der Waals surface area contributed by atoms with Gasteiger partial charge in [-0.25, -0.2) is 4.39 Å². The molecule has 0 radical (unpaired) electrons. The lowest BCUT2D eigenvalue weighted by molar-refractivity contribution is 0.102. The molecule has 0 aliphatic rings. The van der Waals surface area contributed by atoms with Gasteiger partial charge in [-0.15, -0.1) is 0 Å². The normalized spacial score (nSPS) is 10.3. The summed E-state index contributed by atoms with van der Waals surface area (Å²) >= 11 is 6.03. The van der Waals surface area contributed by atoms with Crippen LogP contribution in [0.4, 0.5) is 10.1 Å². The monoisotopic (exact) mass is 371 g/mol. The first-order valence-corrected chi connectivity index (χ1v) is 8.12. The van der Waals surface area contributed by atoms with Gasteiger partial charge >= 0.3 is 0 Å². The number of hydrogen-bond acceptors (Lipinski definition) is 3. The van der Waals surface area contributed by atoms with Gasteiger partial charge in [0.2, 0.25) is 0 Å². The van der Waals surface area contributed by atoms with Crippen molar-refractivity contribution in [3.63, 3.8) is 0 Å². The highest BCUT2D eigenvalue weighted by molar-refractivity contribution is 6.31. The van der Waals surface area contributed by atoms with E-state index in [1.54, 1.807) is 30.3 Å². The fourth-order valence-corrected chi connectivity index (χ4v) is 2.48. The maximum atomic E-state index is 13.8. The third-order valence-corrected chi connectivity index (χ3v) is 3.81. The molecule has 6 heteroatoms. The van der Waals surface area contributed by atoms with Gasteiger partial charge in [0.1, 0.15) is 5.75 Å². The minimum atomic E-state index is -0.619. The smallest absolute Gasteiger partial charge is 0.255 e. The molecule has 132 valence electrons. The van der Waals surface area contributed by atoms with Gasteiger partial charge in [0.15, 0.2) is 17.3 Å². The topological polar surface area (TPSA) is 47.6 Å². The van der Waals surface area contributed by atoms with E-state index in [-0.39, 0.29) is 11.3 Å². The largest absolute Gasteiger partial charge is 0.494 e. The Kier molecular flexibility index (Phi) is 5.39. The number of hydrogen-bond donors (Lipinski definition) is 1. The molecule has 0 fully saturated rings. The van der Waals surface area contributed by atoms with Crippen LogP contribution in [-0.2, 0) is 0 Å². The summed E-state index contributed by atoms with van der Waals surface area (Å²) in [6.07, 6.45) is 0. The van der Waals surface area contributed by atoms with E-state index in [1.807, 2.05) is 18.2 Å². The fourth-order valence-electron chi connectivity index (χ4n) is 2.31. The summed E-state index contributed by atoms with van der Waals surface area (Å²) in [6, 6.07) is 18.0. The molecule has 3 rings (SSSR count). The molecule has 4 nitrogen and oxygen atoms in total. The zero-order valence-electron chi connectivity index (χ0n) is 13.8. The van der Waals surface area contributed by atoms with Crippen molar-refractivity contribution in [2.24, 2.45) is 0 Å². The lowest BCUT2D eigenvalue weighted by Crippen LogP contribution is -2.13. The van der Waals surface area contributed by atoms with Crippen LogP contribution in [-0.4, -0.2) is 13.0 Å². The number of carbonyl (C=O) groups is 1. The second kappa shape index (κ2) is 7.89. The number of methoxy groups -OCH3 is 1. The van der Waals surface area contributed by atoms with E-state index < -0.39 is 11.7 Å². The molecule has 0 heterocycles. The Morgan fingerprint density at radius 3 is 2.42 bits per heavy atom. The van der Waals surface area contributed by atoms with Gasteiger partial charge in [0.25, 0.3) is 5.91 Å². The summed E-state index contributed by atoms with van der Waals surface area (Å²) in [4.78, 5) is 12.5. The highest BCUT2D eigenvalue weighted by Crippen LogP contribution is 2.32. The third kappa shape index (κ3) is 4.13. The van der Waals surface area contributed by atoms with Crippen molar-refractivity contribution >= 4 is 23.2 Å². The van der Waals surface area contributed by atoms with Gasteiger partial charge < -0.3 is 14.8 Å². The molecule has 0 aliphatic heterocycles. The Morgan fingerprint density at radius 2 is 1.73 bits per heavy atom. The fraction of sp³-hybridized carbons (Fsp3) is 0.0500. The summed E-state index contributed by atoms with van der Waals surface area (Å²) in [5.41, 5.74) is 0.525. The van der Waals surface area contributed by atoms with E-state index in [2.05, 4.69) is 5.32 Å². The molecule has 1 N–H and O–H groups in total. The number of benzene rings is 3. The molecule has 1 amide bonds. The van der Waals surface area contributed by atoms with Crippen molar-refractivity contribution in [1.29, 1.82) is 0 Å². The van der Waals surface area contributed by atoms with Gasteiger partial charge in [-0.05, 0) is 48.5 Å². The molecule has 26 heavy (non-hydrogen) atoms. The zero-order chi connectivity index (χ0) is 18.5. The average Bonchev–Trinajstić information content (AvgIpc) is 2.64. The van der Waals surface area contributed by atoms with Crippen LogP contribution in [0.3, 0.4) is 0 Å². The molecular formula is C20H15ClFNO3. The maximum absolute atomic E-state index is 13.8. The van der Waals surface area contributed by atoms with Crippen LogP contribution < -0.4 is 14.8 Å². The Labute approximate surface area is 155 Å². The first-order valence-electron chi connectivity index (χ1n) is 7.74. The molecule has 3 aromatic carbocycles. The van der Waals surface area contributed by atoms with Crippen LogP contribution in [0.2, 0.25) is 5.02 Å². The maximum Gasteiger partial charge on any atom is 0.255 e. The molecular weight excluding hydrogens is 357 g/mol. The molecule has 0 spiro atoms. The molecule has 0 aromatic heterocycles. The van der Waals surface area contributed by atoms with Crippen molar-refractivity contribution in [3.8, 4) is 17.2 Å². The molecule has 0 saturated heterocycles. The first kappa shape index (κ1) is 17.8. The van der Waals surface area contributed by atoms with Crippen molar-refractivity contribution in [2.75, 3.05) is 12.4 Å². The Hall–Kier alpha value is -3.05. The number of para-hydroxylation sites is 1. The van der Waals surface area contributed by atoms with Gasteiger partial charge in [0, 0.05) is 10.6 Å². The molecule has 3 aromatic rings. The highest BCUT2D eigenvalue weighted by Gasteiger charge is 2.14. The number of anilines is 1. The van der Waals surface area contributed by atoms with E-state index in [0.717, 1.165) is 6.07 Å². The van der Waals surface area contributed by atoms with E-state index in [9.17, 15) is 9.18 Å². The molecule has 0 saturated carbocycles. The van der Waals surface area contributed by atoms with Crippen LogP contribution in [0.25, 0.3) is 0 Å². The lowest BCUT2D eigenvalue weighted by atomic mass is 10.2. The van der Waals surface area contributed by atoms with E-state index >= 15 is 0 Å². The summed E-state index contributed by atoms with van der Waals surface area (Å²) < 4.78 is 24.5. The zero-order valence-corrected chi connectivity index (χ0v) is 14.6.